The van der Waals surface area contributed by atoms with Crippen molar-refractivity contribution < 1.29 is 14.3 Å². The van der Waals surface area contributed by atoms with Crippen molar-refractivity contribution in [3.63, 3.8) is 0 Å². The van der Waals surface area contributed by atoms with Gasteiger partial charge in [0.2, 0.25) is 0 Å². The Balaban J connectivity index is 1.74. The van der Waals surface area contributed by atoms with Crippen LogP contribution in [0.3, 0.4) is 0 Å². The lowest BCUT2D eigenvalue weighted by Gasteiger charge is -2.30. The lowest BCUT2D eigenvalue weighted by atomic mass is 9.92. The highest BCUT2D eigenvalue weighted by Crippen LogP contribution is 2.45. The highest BCUT2D eigenvalue weighted by Gasteiger charge is 2.27. The van der Waals surface area contributed by atoms with E-state index in [1.165, 1.54) is 6.42 Å². The maximum atomic E-state index is 12.4. The summed E-state index contributed by atoms with van der Waals surface area (Å²) in [6.45, 7) is 7.54. The number of nitrogens with zero attached hydrogens (tertiary/aromatic N) is 2. The zero-order chi connectivity index (χ0) is 22.7. The smallest absolute Gasteiger partial charge is 0.414 e. The quantitative estimate of drug-likeness (QED) is 0.445. The van der Waals surface area contributed by atoms with Crippen LogP contribution in [0.25, 0.3) is 22.2 Å². The van der Waals surface area contributed by atoms with Gasteiger partial charge in [-0.3, -0.25) is 4.90 Å². The van der Waals surface area contributed by atoms with Gasteiger partial charge in [0, 0.05) is 35.3 Å². The van der Waals surface area contributed by atoms with E-state index in [9.17, 15) is 4.79 Å². The van der Waals surface area contributed by atoms with Crippen molar-refractivity contribution in [3.05, 3.63) is 42.5 Å². The van der Waals surface area contributed by atoms with E-state index in [4.69, 9.17) is 15.2 Å². The summed E-state index contributed by atoms with van der Waals surface area (Å²) in [4.78, 5) is 14.1. The van der Waals surface area contributed by atoms with Gasteiger partial charge >= 0.3 is 6.09 Å². The standard InChI is InChI=1S/C26H33N3O3/c1-4-16-32-26(30)28(5-2)19-12-10-18(11-13-19)25-24(27)22-15-14-21(31-6-3)17-23(22)29(25)20-8-7-9-20/h10-15,17,20H,4-9,16,27H2,1-3H3. The van der Waals surface area contributed by atoms with Gasteiger partial charge in [-0.25, -0.2) is 4.79 Å². The fourth-order valence-electron chi connectivity index (χ4n) is 4.38. The molecule has 1 aliphatic rings. The second-order valence-electron chi connectivity index (χ2n) is 8.23. The molecule has 1 saturated carbocycles. The Kier molecular flexibility index (Phi) is 6.58. The van der Waals surface area contributed by atoms with Crippen LogP contribution in [0.2, 0.25) is 0 Å². The molecular formula is C26H33N3O3. The SMILES string of the molecule is CCCOC(=O)N(CC)c1ccc(-c2c(N)c3ccc(OCC)cc3n2C2CCC2)cc1. The van der Waals surface area contributed by atoms with Crippen molar-refractivity contribution in [3.8, 4) is 17.0 Å². The van der Waals surface area contributed by atoms with E-state index in [1.54, 1.807) is 4.90 Å². The van der Waals surface area contributed by atoms with Crippen LogP contribution in [0.5, 0.6) is 5.75 Å². The summed E-state index contributed by atoms with van der Waals surface area (Å²) in [5.74, 6) is 0.865. The molecule has 1 aliphatic carbocycles. The summed E-state index contributed by atoms with van der Waals surface area (Å²) < 4.78 is 13.5. The molecule has 0 radical (unpaired) electrons. The van der Waals surface area contributed by atoms with E-state index in [0.717, 1.165) is 58.5 Å². The normalized spacial score (nSPS) is 13.7. The van der Waals surface area contributed by atoms with Crippen molar-refractivity contribution >= 4 is 28.4 Å². The number of carbonyl (C=O) groups excluding carboxylic acids is 1. The average Bonchev–Trinajstić information content (AvgIpc) is 3.04. The van der Waals surface area contributed by atoms with Crippen molar-refractivity contribution in [2.75, 3.05) is 30.4 Å². The zero-order valence-electron chi connectivity index (χ0n) is 19.3. The van der Waals surface area contributed by atoms with Crippen LogP contribution in [0.1, 0.15) is 52.5 Å². The fourth-order valence-corrected chi connectivity index (χ4v) is 4.38. The Morgan fingerprint density at radius 1 is 1.12 bits per heavy atom. The molecular weight excluding hydrogens is 402 g/mol. The lowest BCUT2D eigenvalue weighted by Crippen LogP contribution is -2.31. The summed E-state index contributed by atoms with van der Waals surface area (Å²) in [6.07, 6.45) is 4.03. The number of carbonyl (C=O) groups is 1. The number of rotatable bonds is 8. The molecule has 6 nitrogen and oxygen atoms in total. The van der Waals surface area contributed by atoms with E-state index in [1.807, 2.05) is 51.1 Å². The van der Waals surface area contributed by atoms with E-state index in [2.05, 4.69) is 16.7 Å². The molecule has 1 heterocycles. The third-order valence-electron chi connectivity index (χ3n) is 6.18. The molecule has 0 atom stereocenters. The predicted molar refractivity (Wildman–Crippen MR) is 131 cm³/mol. The predicted octanol–water partition coefficient (Wildman–Crippen LogP) is 6.39. The van der Waals surface area contributed by atoms with Crippen molar-refractivity contribution in [2.24, 2.45) is 0 Å². The monoisotopic (exact) mass is 435 g/mol. The molecule has 170 valence electrons. The molecule has 2 N–H and O–H groups in total. The molecule has 0 spiro atoms. The first-order valence-corrected chi connectivity index (χ1v) is 11.7. The molecule has 1 fully saturated rings. The number of hydrogen-bond donors (Lipinski definition) is 1. The maximum absolute atomic E-state index is 12.4. The number of nitrogens with two attached hydrogens (primary N) is 1. The van der Waals surface area contributed by atoms with Gasteiger partial charge in [0.05, 0.1) is 30.1 Å². The number of aromatic nitrogens is 1. The fraction of sp³-hybridized carbons (Fsp3) is 0.423. The van der Waals surface area contributed by atoms with Crippen molar-refractivity contribution in [2.45, 2.75) is 52.5 Å². The zero-order valence-corrected chi connectivity index (χ0v) is 19.3. The lowest BCUT2D eigenvalue weighted by molar-refractivity contribution is 0.154. The number of benzene rings is 2. The molecule has 1 amide bonds. The summed E-state index contributed by atoms with van der Waals surface area (Å²) in [7, 11) is 0. The Bertz CT molecular complexity index is 1080. The Hall–Kier alpha value is -3.15. The Morgan fingerprint density at radius 2 is 1.88 bits per heavy atom. The third-order valence-corrected chi connectivity index (χ3v) is 6.18. The van der Waals surface area contributed by atoms with E-state index >= 15 is 0 Å². The second-order valence-corrected chi connectivity index (χ2v) is 8.23. The van der Waals surface area contributed by atoms with Gasteiger partial charge in [-0.1, -0.05) is 19.1 Å². The van der Waals surface area contributed by atoms with Gasteiger partial charge in [-0.2, -0.15) is 0 Å². The molecule has 1 aromatic heterocycles. The molecule has 0 bridgehead atoms. The van der Waals surface area contributed by atoms with Gasteiger partial charge in [0.25, 0.3) is 0 Å². The number of ether oxygens (including phenoxy) is 2. The van der Waals surface area contributed by atoms with E-state index in [0.29, 0.717) is 25.8 Å². The molecule has 0 aliphatic heterocycles. The number of nitrogen functional groups attached to an aromatic ring is 1. The minimum absolute atomic E-state index is 0.311. The van der Waals surface area contributed by atoms with Crippen LogP contribution < -0.4 is 15.4 Å². The number of hydrogen-bond acceptors (Lipinski definition) is 4. The highest BCUT2D eigenvalue weighted by atomic mass is 16.6. The number of anilines is 2. The minimum atomic E-state index is -0.311. The average molecular weight is 436 g/mol. The third kappa shape index (κ3) is 4.01. The summed E-state index contributed by atoms with van der Waals surface area (Å²) in [5, 5.41) is 1.05. The van der Waals surface area contributed by atoms with Gasteiger partial charge in [-0.15, -0.1) is 0 Å². The summed E-state index contributed by atoms with van der Waals surface area (Å²) in [5.41, 5.74) is 11.5. The second kappa shape index (κ2) is 9.55. The first kappa shape index (κ1) is 22.1. The van der Waals surface area contributed by atoms with Crippen LogP contribution in [0, 0.1) is 0 Å². The highest BCUT2D eigenvalue weighted by molar-refractivity contribution is 6.02. The van der Waals surface area contributed by atoms with Crippen LogP contribution in [0.15, 0.2) is 42.5 Å². The number of amides is 1. The van der Waals surface area contributed by atoms with Gasteiger partial charge in [0.1, 0.15) is 5.75 Å². The van der Waals surface area contributed by atoms with Gasteiger partial charge in [-0.05, 0) is 63.8 Å². The summed E-state index contributed by atoms with van der Waals surface area (Å²) >= 11 is 0. The van der Waals surface area contributed by atoms with Crippen molar-refractivity contribution in [1.82, 2.24) is 4.57 Å². The maximum Gasteiger partial charge on any atom is 0.414 e. The molecule has 0 unspecified atom stereocenters. The van der Waals surface area contributed by atoms with E-state index in [-0.39, 0.29) is 6.09 Å². The molecule has 6 heteroatoms. The largest absolute Gasteiger partial charge is 0.494 e. The van der Waals surface area contributed by atoms with Crippen LogP contribution in [-0.2, 0) is 4.74 Å². The first-order chi connectivity index (χ1) is 15.6. The minimum Gasteiger partial charge on any atom is -0.494 e. The van der Waals surface area contributed by atoms with E-state index < -0.39 is 0 Å². The molecule has 3 aromatic rings. The molecule has 32 heavy (non-hydrogen) atoms. The Labute approximate surface area is 189 Å². The molecule has 0 saturated heterocycles. The van der Waals surface area contributed by atoms with Gasteiger partial charge < -0.3 is 19.8 Å². The Morgan fingerprint density at radius 3 is 2.47 bits per heavy atom. The summed E-state index contributed by atoms with van der Waals surface area (Å²) in [6, 6.07) is 14.6. The molecule has 2 aromatic carbocycles. The van der Waals surface area contributed by atoms with Crippen LogP contribution >= 0.6 is 0 Å². The topological polar surface area (TPSA) is 69.7 Å². The van der Waals surface area contributed by atoms with Gasteiger partial charge in [0.15, 0.2) is 0 Å². The number of fused-ring (bicyclic) bond motifs is 1. The first-order valence-electron chi connectivity index (χ1n) is 11.7. The van der Waals surface area contributed by atoms with Crippen molar-refractivity contribution in [1.29, 1.82) is 0 Å². The van der Waals surface area contributed by atoms with Crippen LogP contribution in [0.4, 0.5) is 16.2 Å². The van der Waals surface area contributed by atoms with Crippen LogP contribution in [-0.4, -0.2) is 30.4 Å². The molecule has 4 rings (SSSR count).